The summed E-state index contributed by atoms with van der Waals surface area (Å²) in [6.45, 7) is 2.69. The van der Waals surface area contributed by atoms with Crippen LogP contribution in [0.3, 0.4) is 0 Å². The zero-order valence-corrected chi connectivity index (χ0v) is 17.2. The lowest BCUT2D eigenvalue weighted by atomic mass is 9.54. The summed E-state index contributed by atoms with van der Waals surface area (Å²) in [4.78, 5) is 31.9. The fraction of sp³-hybridized carbons (Fsp3) is 0.636. The second kappa shape index (κ2) is 5.24. The number of carbonyl (C=O) groups excluding carboxylic acids is 2. The minimum absolute atomic E-state index is 0.0225. The van der Waals surface area contributed by atoms with Gasteiger partial charge in [-0.2, -0.15) is 0 Å². The molecule has 8 nitrogen and oxygen atoms in total. The first-order valence-electron chi connectivity index (χ1n) is 10.7. The van der Waals surface area contributed by atoms with Crippen molar-refractivity contribution in [1.29, 1.82) is 0 Å². The normalized spacial score (nSPS) is 47.8. The van der Waals surface area contributed by atoms with E-state index in [9.17, 15) is 9.59 Å². The van der Waals surface area contributed by atoms with Crippen LogP contribution < -0.4 is 9.64 Å². The molecule has 1 aromatic carbocycles. The van der Waals surface area contributed by atoms with E-state index in [1.54, 1.807) is 4.90 Å². The Kier molecular flexibility index (Phi) is 3.09. The Morgan fingerprint density at radius 1 is 1.27 bits per heavy atom. The molecule has 7 rings (SSSR count). The van der Waals surface area contributed by atoms with Gasteiger partial charge >= 0.3 is 0 Å². The number of anilines is 1. The molecule has 0 radical (unpaired) electrons. The van der Waals surface area contributed by atoms with Crippen LogP contribution in [0.25, 0.3) is 0 Å². The molecular weight excluding hydrogens is 388 g/mol. The summed E-state index contributed by atoms with van der Waals surface area (Å²) in [6.07, 6.45) is -0.504. The molecule has 1 spiro atoms. The molecule has 3 saturated heterocycles. The number of methoxy groups -OCH3 is 1. The number of fused-ring (bicyclic) bond motifs is 1. The predicted molar refractivity (Wildman–Crippen MR) is 103 cm³/mol. The Bertz CT molecular complexity index is 1010. The SMILES string of the molecule is COC1Oc2cccc3c2N(C1=O)C12OC4CC5C(C(=O)C31CCN4C)C(C)OC52. The van der Waals surface area contributed by atoms with Crippen LogP contribution in [0.15, 0.2) is 18.2 Å². The maximum absolute atomic E-state index is 14.3. The molecule has 4 fully saturated rings. The average Bonchev–Trinajstić information content (AvgIpc) is 3.14. The number of para-hydroxylation sites is 1. The maximum Gasteiger partial charge on any atom is 0.299 e. The highest BCUT2D eigenvalue weighted by Crippen LogP contribution is 2.70. The number of amides is 1. The van der Waals surface area contributed by atoms with E-state index in [0.29, 0.717) is 24.4 Å². The molecular formula is C22H24N2O6. The van der Waals surface area contributed by atoms with Crippen molar-refractivity contribution < 1.29 is 28.5 Å². The van der Waals surface area contributed by atoms with Gasteiger partial charge < -0.3 is 18.9 Å². The van der Waals surface area contributed by atoms with Crippen molar-refractivity contribution in [2.45, 2.75) is 55.6 Å². The van der Waals surface area contributed by atoms with Crippen molar-refractivity contribution >= 4 is 17.4 Å². The minimum atomic E-state index is -1.21. The molecule has 8 unspecified atom stereocenters. The number of rotatable bonds is 1. The Morgan fingerprint density at radius 2 is 2.10 bits per heavy atom. The monoisotopic (exact) mass is 412 g/mol. The average molecular weight is 412 g/mol. The van der Waals surface area contributed by atoms with Gasteiger partial charge in [0.2, 0.25) is 0 Å². The maximum atomic E-state index is 14.3. The van der Waals surface area contributed by atoms with E-state index in [2.05, 4.69) is 4.90 Å². The smallest absolute Gasteiger partial charge is 0.299 e. The van der Waals surface area contributed by atoms with Gasteiger partial charge in [0.05, 0.1) is 17.7 Å². The number of Topliss-reactive ketones (excluding diaryl/α,β-unsaturated/α-hetero) is 1. The van der Waals surface area contributed by atoms with Crippen LogP contribution in [-0.4, -0.2) is 67.7 Å². The van der Waals surface area contributed by atoms with Gasteiger partial charge in [-0.05, 0) is 38.4 Å². The molecule has 8 atom stereocenters. The van der Waals surface area contributed by atoms with Crippen molar-refractivity contribution in [3.05, 3.63) is 23.8 Å². The fourth-order valence-electron chi connectivity index (χ4n) is 7.32. The highest BCUT2D eigenvalue weighted by atomic mass is 16.7. The zero-order valence-electron chi connectivity index (χ0n) is 17.2. The van der Waals surface area contributed by atoms with Gasteiger partial charge in [0, 0.05) is 19.6 Å². The van der Waals surface area contributed by atoms with Crippen molar-refractivity contribution in [1.82, 2.24) is 4.90 Å². The third-order valence-corrected chi connectivity index (χ3v) is 8.44. The summed E-state index contributed by atoms with van der Waals surface area (Å²) < 4.78 is 24.6. The topological polar surface area (TPSA) is 77.5 Å². The summed E-state index contributed by atoms with van der Waals surface area (Å²) in [7, 11) is 3.49. The number of ether oxygens (including phenoxy) is 4. The number of nitrogens with zero attached hydrogens (tertiary/aromatic N) is 2. The van der Waals surface area contributed by atoms with Crippen LogP contribution >= 0.6 is 0 Å². The molecule has 1 aromatic rings. The van der Waals surface area contributed by atoms with E-state index in [0.717, 1.165) is 12.0 Å². The first-order chi connectivity index (χ1) is 14.5. The van der Waals surface area contributed by atoms with Gasteiger partial charge in [-0.3, -0.25) is 19.4 Å². The molecule has 1 amide bonds. The first kappa shape index (κ1) is 17.7. The molecule has 6 aliphatic rings. The largest absolute Gasteiger partial charge is 0.453 e. The van der Waals surface area contributed by atoms with E-state index >= 15 is 0 Å². The summed E-state index contributed by atoms with van der Waals surface area (Å²) in [5.74, 6) is 0.196. The van der Waals surface area contributed by atoms with Crippen LogP contribution in [0.5, 0.6) is 5.75 Å². The Morgan fingerprint density at radius 3 is 2.90 bits per heavy atom. The Hall–Kier alpha value is -2.00. The molecule has 5 bridgehead atoms. The molecule has 0 N–H and O–H groups in total. The number of carbonyl (C=O) groups is 2. The van der Waals surface area contributed by atoms with Crippen molar-refractivity contribution in [2.75, 3.05) is 25.6 Å². The Balaban J connectivity index is 1.60. The van der Waals surface area contributed by atoms with E-state index in [1.165, 1.54) is 7.11 Å². The van der Waals surface area contributed by atoms with Crippen molar-refractivity contribution in [3.63, 3.8) is 0 Å². The molecule has 5 aliphatic heterocycles. The quantitative estimate of drug-likeness (QED) is 0.682. The van der Waals surface area contributed by atoms with Gasteiger partial charge in [-0.1, -0.05) is 12.1 Å². The predicted octanol–water partition coefficient (Wildman–Crippen LogP) is 1.02. The zero-order chi connectivity index (χ0) is 20.6. The number of hydrogen-bond acceptors (Lipinski definition) is 7. The van der Waals surface area contributed by atoms with Gasteiger partial charge in [0.15, 0.2) is 11.5 Å². The molecule has 8 heteroatoms. The molecule has 1 saturated carbocycles. The lowest BCUT2D eigenvalue weighted by Crippen LogP contribution is -2.78. The van der Waals surface area contributed by atoms with Crippen LogP contribution in [0, 0.1) is 11.8 Å². The molecule has 30 heavy (non-hydrogen) atoms. The number of benzene rings is 1. The van der Waals surface area contributed by atoms with E-state index < -0.39 is 17.4 Å². The summed E-state index contributed by atoms with van der Waals surface area (Å²) >= 11 is 0. The van der Waals surface area contributed by atoms with Gasteiger partial charge in [-0.25, -0.2) is 0 Å². The minimum Gasteiger partial charge on any atom is -0.453 e. The molecule has 5 heterocycles. The Labute approximate surface area is 174 Å². The highest BCUT2D eigenvalue weighted by Gasteiger charge is 2.83. The van der Waals surface area contributed by atoms with Crippen LogP contribution in [0.1, 0.15) is 25.3 Å². The third-order valence-electron chi connectivity index (χ3n) is 8.44. The second-order valence-corrected chi connectivity index (χ2v) is 9.47. The molecule has 0 aromatic heterocycles. The molecule has 158 valence electrons. The summed E-state index contributed by atoms with van der Waals surface area (Å²) in [5.41, 5.74) is -0.702. The standard InChI is InChI=1S/C22H24N2O6/c1-10-15-11-9-14-23(2)8-7-21(17(15)25)12-5-4-6-13-16(12)24(19(26)20(27-3)29-13)22(21,30-14)18(11)28-10/h4-6,10-11,14-15,18,20H,7-9H2,1-3H3. The summed E-state index contributed by atoms with van der Waals surface area (Å²) in [6, 6.07) is 5.68. The fourth-order valence-corrected chi connectivity index (χ4v) is 7.32. The van der Waals surface area contributed by atoms with Crippen LogP contribution in [0.4, 0.5) is 5.69 Å². The van der Waals surface area contributed by atoms with Gasteiger partial charge in [0.1, 0.15) is 23.5 Å². The van der Waals surface area contributed by atoms with Crippen molar-refractivity contribution in [3.8, 4) is 5.75 Å². The molecule has 1 aliphatic carbocycles. The lowest BCUT2D eigenvalue weighted by molar-refractivity contribution is -0.256. The third kappa shape index (κ3) is 1.56. The van der Waals surface area contributed by atoms with E-state index in [-0.39, 0.29) is 42.0 Å². The van der Waals surface area contributed by atoms with Gasteiger partial charge in [-0.15, -0.1) is 0 Å². The van der Waals surface area contributed by atoms with Crippen LogP contribution in [-0.2, 0) is 29.2 Å². The van der Waals surface area contributed by atoms with Gasteiger partial charge in [0.25, 0.3) is 12.2 Å². The first-order valence-corrected chi connectivity index (χ1v) is 10.7. The number of hydrogen-bond donors (Lipinski definition) is 0. The second-order valence-electron chi connectivity index (χ2n) is 9.47. The highest BCUT2D eigenvalue weighted by molar-refractivity contribution is 6.10. The van der Waals surface area contributed by atoms with E-state index in [1.807, 2.05) is 32.2 Å². The van der Waals surface area contributed by atoms with Crippen LogP contribution in [0.2, 0.25) is 0 Å². The van der Waals surface area contributed by atoms with E-state index in [4.69, 9.17) is 18.9 Å². The van der Waals surface area contributed by atoms with Crippen molar-refractivity contribution in [2.24, 2.45) is 11.8 Å². The number of ketones is 1. The lowest BCUT2D eigenvalue weighted by Gasteiger charge is -2.58. The summed E-state index contributed by atoms with van der Waals surface area (Å²) in [5, 5.41) is 0.